The lowest BCUT2D eigenvalue weighted by molar-refractivity contribution is -0.143. The van der Waals surface area contributed by atoms with Gasteiger partial charge in [-0.05, 0) is 59.8 Å². The molecule has 0 aromatic rings. The van der Waals surface area contributed by atoms with E-state index in [4.69, 9.17) is 4.74 Å². The van der Waals surface area contributed by atoms with E-state index >= 15 is 0 Å². The zero-order valence-electron chi connectivity index (χ0n) is 23.3. The summed E-state index contributed by atoms with van der Waals surface area (Å²) in [4.78, 5) is 54.1. The second kappa shape index (κ2) is 12.9. The molecule has 1 heterocycles. The summed E-state index contributed by atoms with van der Waals surface area (Å²) in [7, 11) is -2.91. The van der Waals surface area contributed by atoms with Crippen LogP contribution < -0.4 is 20.1 Å². The first-order valence-electron chi connectivity index (χ1n) is 13.2. The number of amides is 4. The first kappa shape index (κ1) is 31.5. The van der Waals surface area contributed by atoms with Crippen LogP contribution in [0.2, 0.25) is 0 Å². The van der Waals surface area contributed by atoms with Crippen LogP contribution in [0.4, 0.5) is 4.79 Å². The number of rotatable bonds is 6. The molecule has 0 bridgehead atoms. The van der Waals surface area contributed by atoms with Crippen molar-refractivity contribution >= 4 is 34.0 Å². The molecule has 4 atom stereocenters. The number of carbonyl (C=O) groups is 4. The van der Waals surface area contributed by atoms with Gasteiger partial charge in [-0.25, -0.2) is 14.2 Å². The average Bonchev–Trinajstić information content (AvgIpc) is 3.51. The molecule has 216 valence electrons. The fourth-order valence-corrected chi connectivity index (χ4v) is 5.11. The molecule has 1 saturated carbocycles. The van der Waals surface area contributed by atoms with E-state index in [-0.39, 0.29) is 25.3 Å². The molecule has 2 aliphatic rings. The fourth-order valence-electron chi connectivity index (χ4n) is 4.58. The fraction of sp³-hybridized carbons (Fsp3) is 0.760. The molecule has 1 aliphatic carbocycles. The van der Waals surface area contributed by atoms with Crippen LogP contribution in [-0.2, 0) is 29.3 Å². The highest BCUT2D eigenvalue weighted by Gasteiger charge is 2.61. The van der Waals surface area contributed by atoms with E-state index in [0.29, 0.717) is 19.3 Å². The summed E-state index contributed by atoms with van der Waals surface area (Å²) < 4.78 is 33.4. The van der Waals surface area contributed by atoms with Crippen LogP contribution in [0.1, 0.15) is 79.6 Å². The van der Waals surface area contributed by atoms with E-state index in [1.165, 1.54) is 11.9 Å². The number of nitrogens with zero attached hydrogens (tertiary/aromatic N) is 1. The molecule has 0 radical (unpaired) electrons. The molecular formula is C25H43N5O7S. The standard InChI is InChI=1S/C25H43N5O7S/c1-7-19-20(31)28-25(22(33)29-38(35,36)26-6)16-17(25)14-12-10-9-11-13-15-18(21(32)30(19)8-2)27-23(34)37-24(3,4)5/h12,14,17-19,26H,7-11,13,15-16H2,1-6H3,(H,27,34)(H,28,31)(H,29,33)/b14-12-/t17-,18+,19+,25-/m1/s1. The average molecular weight is 558 g/mol. The van der Waals surface area contributed by atoms with Gasteiger partial charge in [0.05, 0.1) is 0 Å². The minimum absolute atomic E-state index is 0.188. The summed E-state index contributed by atoms with van der Waals surface area (Å²) in [5, 5.41) is 5.44. The Kier molecular flexibility index (Phi) is 10.7. The van der Waals surface area contributed by atoms with Crippen molar-refractivity contribution in [1.82, 2.24) is 25.0 Å². The van der Waals surface area contributed by atoms with E-state index in [0.717, 1.165) is 12.8 Å². The predicted molar refractivity (Wildman–Crippen MR) is 142 cm³/mol. The molecule has 12 nitrogen and oxygen atoms in total. The highest BCUT2D eigenvalue weighted by Crippen LogP contribution is 2.45. The van der Waals surface area contributed by atoms with Crippen molar-refractivity contribution in [3.05, 3.63) is 12.2 Å². The summed E-state index contributed by atoms with van der Waals surface area (Å²) >= 11 is 0. The summed E-state index contributed by atoms with van der Waals surface area (Å²) in [6.45, 7) is 8.85. The Bertz CT molecular complexity index is 1020. The molecule has 1 aliphatic heterocycles. The molecule has 4 amide bonds. The Morgan fingerprint density at radius 1 is 1.18 bits per heavy atom. The number of nitrogens with one attached hydrogen (secondary N) is 4. The highest BCUT2D eigenvalue weighted by atomic mass is 32.2. The summed E-state index contributed by atoms with van der Waals surface area (Å²) in [6.07, 6.45) is 6.94. The number of hydrogen-bond acceptors (Lipinski definition) is 7. The summed E-state index contributed by atoms with van der Waals surface area (Å²) in [5.74, 6) is -2.21. The van der Waals surface area contributed by atoms with Crippen molar-refractivity contribution < 1.29 is 32.3 Å². The summed E-state index contributed by atoms with van der Waals surface area (Å²) in [6, 6.07) is -1.82. The zero-order valence-corrected chi connectivity index (χ0v) is 24.1. The maximum Gasteiger partial charge on any atom is 0.408 e. The normalized spacial score (nSPS) is 28.2. The number of fused-ring (bicyclic) bond motifs is 1. The van der Waals surface area contributed by atoms with Crippen molar-refractivity contribution in [2.45, 2.75) is 103 Å². The largest absolute Gasteiger partial charge is 0.444 e. The SMILES string of the molecule is CC[C@H]1C(=O)N[C@]2(C(=O)NS(=O)(=O)NC)C[C@H]2/C=C\CCCCC[C@H](NC(=O)OC(C)(C)C)C(=O)N1CC. The van der Waals surface area contributed by atoms with Crippen LogP contribution in [-0.4, -0.2) is 73.9 Å². The van der Waals surface area contributed by atoms with Crippen molar-refractivity contribution in [1.29, 1.82) is 0 Å². The molecule has 4 N–H and O–H groups in total. The number of hydrogen-bond donors (Lipinski definition) is 4. The smallest absolute Gasteiger partial charge is 0.408 e. The number of carbonyl (C=O) groups excluding carboxylic acids is 4. The lowest BCUT2D eigenvalue weighted by Crippen LogP contribution is -2.60. The molecule has 0 aromatic heterocycles. The Hall–Kier alpha value is -2.67. The van der Waals surface area contributed by atoms with Crippen molar-refractivity contribution in [2.75, 3.05) is 13.6 Å². The number of ether oxygens (including phenoxy) is 1. The lowest BCUT2D eigenvalue weighted by atomic mass is 10.0. The van der Waals surface area contributed by atoms with Gasteiger partial charge in [0.2, 0.25) is 11.8 Å². The molecule has 2 rings (SSSR count). The van der Waals surface area contributed by atoms with Crippen molar-refractivity contribution in [3.8, 4) is 0 Å². The molecule has 0 unspecified atom stereocenters. The molecule has 0 spiro atoms. The van der Waals surface area contributed by atoms with Crippen molar-refractivity contribution in [2.24, 2.45) is 5.92 Å². The van der Waals surface area contributed by atoms with Gasteiger partial charge in [-0.1, -0.05) is 31.9 Å². The van der Waals surface area contributed by atoms with Gasteiger partial charge in [0, 0.05) is 19.5 Å². The van der Waals surface area contributed by atoms with Gasteiger partial charge < -0.3 is 20.3 Å². The van der Waals surface area contributed by atoms with Crippen LogP contribution in [0.5, 0.6) is 0 Å². The lowest BCUT2D eigenvalue weighted by Gasteiger charge is -2.34. The van der Waals surface area contributed by atoms with Crippen LogP contribution >= 0.6 is 0 Å². The van der Waals surface area contributed by atoms with Crippen LogP contribution in [0.3, 0.4) is 0 Å². The molecule has 0 saturated heterocycles. The van der Waals surface area contributed by atoms with Crippen LogP contribution in [0, 0.1) is 5.92 Å². The number of likely N-dealkylation sites (N-methyl/N-ethyl adjacent to an activating group) is 1. The predicted octanol–water partition coefficient (Wildman–Crippen LogP) is 1.48. The van der Waals surface area contributed by atoms with Gasteiger partial charge in [-0.2, -0.15) is 8.42 Å². The minimum atomic E-state index is -4.08. The highest BCUT2D eigenvalue weighted by molar-refractivity contribution is 7.88. The quantitative estimate of drug-likeness (QED) is 0.359. The monoisotopic (exact) mass is 557 g/mol. The first-order valence-corrected chi connectivity index (χ1v) is 14.7. The van der Waals surface area contributed by atoms with Gasteiger partial charge in [-0.15, -0.1) is 0 Å². The van der Waals surface area contributed by atoms with Gasteiger partial charge in [0.1, 0.15) is 23.2 Å². The number of alkyl carbamates (subject to hydrolysis) is 1. The van der Waals surface area contributed by atoms with Crippen LogP contribution in [0.15, 0.2) is 12.2 Å². The van der Waals surface area contributed by atoms with Gasteiger partial charge in [-0.3, -0.25) is 14.4 Å². The Labute approximate surface area is 225 Å². The maximum absolute atomic E-state index is 13.7. The molecular weight excluding hydrogens is 514 g/mol. The van der Waals surface area contributed by atoms with E-state index in [1.54, 1.807) is 34.6 Å². The zero-order chi connectivity index (χ0) is 28.7. The van der Waals surface area contributed by atoms with Crippen molar-refractivity contribution in [3.63, 3.8) is 0 Å². The van der Waals surface area contributed by atoms with E-state index < -0.39 is 57.2 Å². The third-order valence-electron chi connectivity index (χ3n) is 6.67. The third kappa shape index (κ3) is 8.42. The first-order chi connectivity index (χ1) is 17.7. The molecule has 0 aromatic carbocycles. The van der Waals surface area contributed by atoms with E-state index in [9.17, 15) is 27.6 Å². The maximum atomic E-state index is 13.7. The Morgan fingerprint density at radius 3 is 2.45 bits per heavy atom. The van der Waals surface area contributed by atoms with E-state index in [2.05, 4.69) is 10.6 Å². The molecule has 13 heteroatoms. The second-order valence-electron chi connectivity index (χ2n) is 10.7. The molecule has 1 fully saturated rings. The topological polar surface area (TPSA) is 163 Å². The molecule has 38 heavy (non-hydrogen) atoms. The van der Waals surface area contributed by atoms with Gasteiger partial charge >= 0.3 is 16.3 Å². The van der Waals surface area contributed by atoms with Gasteiger partial charge in [0.25, 0.3) is 5.91 Å². The summed E-state index contributed by atoms with van der Waals surface area (Å²) in [5.41, 5.74) is -2.19. The number of allylic oxidation sites excluding steroid dienone is 1. The van der Waals surface area contributed by atoms with Gasteiger partial charge in [0.15, 0.2) is 0 Å². The Morgan fingerprint density at radius 2 is 1.87 bits per heavy atom. The Balaban J connectivity index is 2.37. The minimum Gasteiger partial charge on any atom is -0.444 e. The van der Waals surface area contributed by atoms with Crippen LogP contribution in [0.25, 0.3) is 0 Å². The van der Waals surface area contributed by atoms with E-state index in [1.807, 2.05) is 21.6 Å². The third-order valence-corrected chi connectivity index (χ3v) is 7.66. The second-order valence-corrected chi connectivity index (χ2v) is 12.3.